The van der Waals surface area contributed by atoms with Gasteiger partial charge in [-0.15, -0.1) is 6.58 Å². The normalized spacial score (nSPS) is 12.7. The number of hydrogen-bond donors (Lipinski definition) is 2. The highest BCUT2D eigenvalue weighted by atomic mass is 15.3. The van der Waals surface area contributed by atoms with Gasteiger partial charge in [0, 0.05) is 13.2 Å². The van der Waals surface area contributed by atoms with Gasteiger partial charge in [-0.1, -0.05) is 6.08 Å². The van der Waals surface area contributed by atoms with Crippen LogP contribution < -0.4 is 11.3 Å². The van der Waals surface area contributed by atoms with Crippen molar-refractivity contribution in [3.05, 3.63) is 30.6 Å². The Bertz CT molecular complexity index is 279. The van der Waals surface area contributed by atoms with Gasteiger partial charge in [-0.05, 0) is 25.3 Å². The van der Waals surface area contributed by atoms with Crippen LogP contribution >= 0.6 is 0 Å². The van der Waals surface area contributed by atoms with Gasteiger partial charge in [-0.2, -0.15) is 5.10 Å². The molecule has 4 nitrogen and oxygen atoms in total. The second-order valence-corrected chi connectivity index (χ2v) is 3.35. The SMILES string of the molecule is C=CCCCC(NN)c1ccn(C)n1. The maximum absolute atomic E-state index is 5.47. The van der Waals surface area contributed by atoms with Crippen LogP contribution in [0.25, 0.3) is 0 Å². The van der Waals surface area contributed by atoms with E-state index in [0.717, 1.165) is 25.0 Å². The van der Waals surface area contributed by atoms with Crippen molar-refractivity contribution in [3.8, 4) is 0 Å². The summed E-state index contributed by atoms with van der Waals surface area (Å²) in [5.41, 5.74) is 3.78. The first-order chi connectivity index (χ1) is 6.77. The summed E-state index contributed by atoms with van der Waals surface area (Å²) < 4.78 is 1.78. The molecule has 1 aromatic heterocycles. The lowest BCUT2D eigenvalue weighted by Gasteiger charge is -2.12. The molecule has 14 heavy (non-hydrogen) atoms. The van der Waals surface area contributed by atoms with Gasteiger partial charge in [-0.25, -0.2) is 0 Å². The van der Waals surface area contributed by atoms with Gasteiger partial charge in [0.25, 0.3) is 0 Å². The average Bonchev–Trinajstić information content (AvgIpc) is 2.60. The van der Waals surface area contributed by atoms with Crippen molar-refractivity contribution in [2.45, 2.75) is 25.3 Å². The number of aromatic nitrogens is 2. The Balaban J connectivity index is 2.49. The molecule has 0 amide bonds. The minimum Gasteiger partial charge on any atom is -0.275 e. The van der Waals surface area contributed by atoms with E-state index in [1.54, 1.807) is 4.68 Å². The van der Waals surface area contributed by atoms with Crippen LogP contribution in [-0.2, 0) is 7.05 Å². The molecule has 1 heterocycles. The fraction of sp³-hybridized carbons (Fsp3) is 0.500. The highest BCUT2D eigenvalue weighted by molar-refractivity contribution is 5.04. The van der Waals surface area contributed by atoms with E-state index >= 15 is 0 Å². The molecule has 0 saturated carbocycles. The molecule has 3 N–H and O–H groups in total. The Labute approximate surface area is 84.8 Å². The minimum atomic E-state index is 0.149. The monoisotopic (exact) mass is 194 g/mol. The first-order valence-electron chi connectivity index (χ1n) is 4.84. The molecular weight excluding hydrogens is 176 g/mol. The van der Waals surface area contributed by atoms with Crippen LogP contribution in [0.15, 0.2) is 24.9 Å². The molecule has 0 saturated heterocycles. The molecule has 0 spiro atoms. The van der Waals surface area contributed by atoms with Gasteiger partial charge in [0.05, 0.1) is 11.7 Å². The van der Waals surface area contributed by atoms with Gasteiger partial charge in [0.2, 0.25) is 0 Å². The zero-order valence-corrected chi connectivity index (χ0v) is 8.61. The molecule has 1 rings (SSSR count). The topological polar surface area (TPSA) is 55.9 Å². The average molecular weight is 194 g/mol. The summed E-state index contributed by atoms with van der Waals surface area (Å²) in [6.45, 7) is 3.69. The van der Waals surface area contributed by atoms with Crippen molar-refractivity contribution >= 4 is 0 Å². The molecule has 1 atom stereocenters. The molecule has 1 aromatic rings. The number of hydrazine groups is 1. The molecular formula is C10H18N4. The number of unbranched alkanes of at least 4 members (excludes halogenated alkanes) is 1. The number of aryl methyl sites for hydroxylation is 1. The molecule has 0 aliphatic rings. The first-order valence-corrected chi connectivity index (χ1v) is 4.84. The lowest BCUT2D eigenvalue weighted by Crippen LogP contribution is -2.28. The fourth-order valence-corrected chi connectivity index (χ4v) is 1.40. The van der Waals surface area contributed by atoms with Crippen LogP contribution in [0.5, 0.6) is 0 Å². The van der Waals surface area contributed by atoms with Crippen LogP contribution in [0.1, 0.15) is 31.0 Å². The van der Waals surface area contributed by atoms with Crippen LogP contribution in [0, 0.1) is 0 Å². The Kier molecular flexibility index (Phi) is 4.35. The summed E-state index contributed by atoms with van der Waals surface area (Å²) in [5.74, 6) is 5.47. The molecule has 0 aliphatic heterocycles. The Morgan fingerprint density at radius 3 is 3.07 bits per heavy atom. The van der Waals surface area contributed by atoms with Crippen LogP contribution in [0.2, 0.25) is 0 Å². The summed E-state index contributed by atoms with van der Waals surface area (Å²) in [6, 6.07) is 2.13. The zero-order valence-electron chi connectivity index (χ0n) is 8.61. The maximum atomic E-state index is 5.47. The van der Waals surface area contributed by atoms with Crippen LogP contribution in [0.3, 0.4) is 0 Å². The molecule has 4 heteroatoms. The number of nitrogens with one attached hydrogen (secondary N) is 1. The molecule has 0 bridgehead atoms. The van der Waals surface area contributed by atoms with Gasteiger partial charge < -0.3 is 0 Å². The Morgan fingerprint density at radius 2 is 2.57 bits per heavy atom. The van der Waals surface area contributed by atoms with Crippen LogP contribution in [-0.4, -0.2) is 9.78 Å². The van der Waals surface area contributed by atoms with Crippen molar-refractivity contribution < 1.29 is 0 Å². The molecule has 78 valence electrons. The summed E-state index contributed by atoms with van der Waals surface area (Å²) >= 11 is 0. The third-order valence-corrected chi connectivity index (χ3v) is 2.19. The second-order valence-electron chi connectivity index (χ2n) is 3.35. The van der Waals surface area contributed by atoms with E-state index in [-0.39, 0.29) is 6.04 Å². The number of rotatable bonds is 6. The Morgan fingerprint density at radius 1 is 1.79 bits per heavy atom. The fourth-order valence-electron chi connectivity index (χ4n) is 1.40. The Hall–Kier alpha value is -1.13. The van der Waals surface area contributed by atoms with Crippen LogP contribution in [0.4, 0.5) is 0 Å². The first kappa shape index (κ1) is 10.9. The number of nitrogens with two attached hydrogens (primary N) is 1. The third-order valence-electron chi connectivity index (χ3n) is 2.19. The standard InChI is InChI=1S/C10H18N4/c1-3-4-5-6-9(12-11)10-7-8-14(2)13-10/h3,7-9,12H,1,4-6,11H2,2H3. The highest BCUT2D eigenvalue weighted by Gasteiger charge is 2.11. The smallest absolute Gasteiger partial charge is 0.0807 e. The van der Waals surface area contributed by atoms with Crippen molar-refractivity contribution in [3.63, 3.8) is 0 Å². The molecule has 0 fully saturated rings. The predicted molar refractivity (Wildman–Crippen MR) is 57.3 cm³/mol. The maximum Gasteiger partial charge on any atom is 0.0807 e. The second kappa shape index (κ2) is 5.57. The number of allylic oxidation sites excluding steroid dienone is 1. The summed E-state index contributed by atoms with van der Waals surface area (Å²) in [4.78, 5) is 0. The van der Waals surface area contributed by atoms with Gasteiger partial charge in [0.15, 0.2) is 0 Å². The summed E-state index contributed by atoms with van der Waals surface area (Å²) in [7, 11) is 1.90. The van der Waals surface area contributed by atoms with E-state index < -0.39 is 0 Å². The van der Waals surface area contributed by atoms with E-state index in [0.29, 0.717) is 0 Å². The van der Waals surface area contributed by atoms with Crippen molar-refractivity contribution in [1.29, 1.82) is 0 Å². The molecule has 0 radical (unpaired) electrons. The van der Waals surface area contributed by atoms with Crippen molar-refractivity contribution in [2.24, 2.45) is 12.9 Å². The van der Waals surface area contributed by atoms with E-state index in [1.807, 2.05) is 25.4 Å². The highest BCUT2D eigenvalue weighted by Crippen LogP contribution is 2.16. The van der Waals surface area contributed by atoms with Gasteiger partial charge >= 0.3 is 0 Å². The lowest BCUT2D eigenvalue weighted by molar-refractivity contribution is 0.484. The predicted octanol–water partition coefficient (Wildman–Crippen LogP) is 1.28. The van der Waals surface area contributed by atoms with E-state index in [4.69, 9.17) is 5.84 Å². The lowest BCUT2D eigenvalue weighted by atomic mass is 10.1. The van der Waals surface area contributed by atoms with Crippen molar-refractivity contribution in [2.75, 3.05) is 0 Å². The van der Waals surface area contributed by atoms with E-state index in [1.165, 1.54) is 0 Å². The third kappa shape index (κ3) is 2.97. The molecule has 1 unspecified atom stereocenters. The van der Waals surface area contributed by atoms with Gasteiger partial charge in [-0.3, -0.25) is 16.0 Å². The largest absolute Gasteiger partial charge is 0.275 e. The van der Waals surface area contributed by atoms with E-state index in [2.05, 4.69) is 17.1 Å². The minimum absolute atomic E-state index is 0.149. The number of hydrogen-bond acceptors (Lipinski definition) is 3. The van der Waals surface area contributed by atoms with E-state index in [9.17, 15) is 0 Å². The molecule has 0 aromatic carbocycles. The summed E-state index contributed by atoms with van der Waals surface area (Å²) in [6.07, 6.45) is 6.93. The zero-order chi connectivity index (χ0) is 10.4. The molecule has 0 aliphatic carbocycles. The quantitative estimate of drug-likeness (QED) is 0.310. The summed E-state index contributed by atoms with van der Waals surface area (Å²) in [5, 5.41) is 4.31. The number of nitrogens with zero attached hydrogens (tertiary/aromatic N) is 2. The van der Waals surface area contributed by atoms with Gasteiger partial charge in [0.1, 0.15) is 0 Å². The van der Waals surface area contributed by atoms with Crippen molar-refractivity contribution in [1.82, 2.24) is 15.2 Å².